The summed E-state index contributed by atoms with van der Waals surface area (Å²) >= 11 is 0. The zero-order valence-electron chi connectivity index (χ0n) is 13.5. The fraction of sp³-hybridized carbons (Fsp3) is 1.00. The van der Waals surface area contributed by atoms with Gasteiger partial charge in [0.2, 0.25) is 0 Å². The Balaban J connectivity index is 1.56. The van der Waals surface area contributed by atoms with Gasteiger partial charge >= 0.3 is 0 Å². The summed E-state index contributed by atoms with van der Waals surface area (Å²) in [5.74, 6) is 0.829. The van der Waals surface area contributed by atoms with Gasteiger partial charge in [-0.25, -0.2) is 0 Å². The maximum absolute atomic E-state index is 10.0. The standard InChI is InChI=1S/C16H31NO4/c1-13-3-5-15(6-4-13)21-10-14(18)9-17-11-16(19-2)7-8-20-12-16/h13-15,17-18H,3-12H2,1-2H3. The number of methoxy groups -OCH3 is 1. The van der Waals surface area contributed by atoms with Crippen LogP contribution in [0.3, 0.4) is 0 Å². The maximum atomic E-state index is 10.0. The van der Waals surface area contributed by atoms with E-state index in [9.17, 15) is 5.11 Å². The van der Waals surface area contributed by atoms with Gasteiger partial charge in [0.25, 0.3) is 0 Å². The lowest BCUT2D eigenvalue weighted by Crippen LogP contribution is -2.45. The fourth-order valence-corrected chi connectivity index (χ4v) is 3.13. The van der Waals surface area contributed by atoms with E-state index in [1.807, 2.05) is 0 Å². The second kappa shape index (κ2) is 8.44. The summed E-state index contributed by atoms with van der Waals surface area (Å²) < 4.78 is 16.8. The summed E-state index contributed by atoms with van der Waals surface area (Å²) in [6, 6.07) is 0. The van der Waals surface area contributed by atoms with Gasteiger partial charge in [-0.1, -0.05) is 6.92 Å². The molecule has 1 saturated carbocycles. The number of hydrogen-bond donors (Lipinski definition) is 2. The molecule has 124 valence electrons. The number of rotatable bonds is 8. The number of aliphatic hydroxyl groups excluding tert-OH is 1. The molecule has 2 aliphatic rings. The van der Waals surface area contributed by atoms with Crippen LogP contribution in [0.15, 0.2) is 0 Å². The third-order valence-electron chi connectivity index (χ3n) is 4.81. The molecule has 1 aliphatic carbocycles. The Morgan fingerprint density at radius 1 is 1.33 bits per heavy atom. The predicted octanol–water partition coefficient (Wildman–Crippen LogP) is 1.34. The van der Waals surface area contributed by atoms with Crippen molar-refractivity contribution in [3.05, 3.63) is 0 Å². The van der Waals surface area contributed by atoms with E-state index in [-0.39, 0.29) is 5.60 Å². The van der Waals surface area contributed by atoms with E-state index in [2.05, 4.69) is 12.2 Å². The van der Waals surface area contributed by atoms with E-state index in [0.29, 0.717) is 32.4 Å². The van der Waals surface area contributed by atoms with Gasteiger partial charge in [0.05, 0.1) is 25.4 Å². The zero-order chi connectivity index (χ0) is 15.1. The highest BCUT2D eigenvalue weighted by Gasteiger charge is 2.34. The second-order valence-electron chi connectivity index (χ2n) is 6.69. The lowest BCUT2D eigenvalue weighted by molar-refractivity contribution is -0.0352. The average molecular weight is 301 g/mol. The molecule has 1 saturated heterocycles. The quantitative estimate of drug-likeness (QED) is 0.708. The number of ether oxygens (including phenoxy) is 3. The van der Waals surface area contributed by atoms with E-state index in [1.54, 1.807) is 7.11 Å². The Hall–Kier alpha value is -0.200. The zero-order valence-corrected chi connectivity index (χ0v) is 13.5. The van der Waals surface area contributed by atoms with Crippen LogP contribution in [-0.4, -0.2) is 62.9 Å². The van der Waals surface area contributed by atoms with Crippen molar-refractivity contribution in [2.24, 2.45) is 5.92 Å². The minimum absolute atomic E-state index is 0.222. The van der Waals surface area contributed by atoms with E-state index < -0.39 is 6.10 Å². The van der Waals surface area contributed by atoms with Gasteiger partial charge in [-0.2, -0.15) is 0 Å². The van der Waals surface area contributed by atoms with Crippen molar-refractivity contribution in [2.75, 3.05) is 40.0 Å². The molecule has 2 unspecified atom stereocenters. The Bertz CT molecular complexity index is 286. The normalized spacial score (nSPS) is 35.0. The molecule has 2 atom stereocenters. The second-order valence-corrected chi connectivity index (χ2v) is 6.69. The van der Waals surface area contributed by atoms with Gasteiger partial charge < -0.3 is 24.6 Å². The summed E-state index contributed by atoms with van der Waals surface area (Å²) in [5.41, 5.74) is -0.222. The molecule has 2 rings (SSSR count). The van der Waals surface area contributed by atoms with E-state index in [0.717, 1.165) is 31.8 Å². The largest absolute Gasteiger partial charge is 0.389 e. The molecule has 5 heteroatoms. The van der Waals surface area contributed by atoms with Crippen LogP contribution in [0.4, 0.5) is 0 Å². The molecule has 1 heterocycles. The summed E-state index contributed by atoms with van der Waals surface area (Å²) in [6.45, 7) is 5.34. The number of hydrogen-bond acceptors (Lipinski definition) is 5. The lowest BCUT2D eigenvalue weighted by Gasteiger charge is -2.28. The van der Waals surface area contributed by atoms with Crippen molar-refractivity contribution in [1.29, 1.82) is 0 Å². The van der Waals surface area contributed by atoms with Crippen LogP contribution in [0.5, 0.6) is 0 Å². The Kier molecular flexibility index (Phi) is 6.89. The van der Waals surface area contributed by atoms with Crippen molar-refractivity contribution in [1.82, 2.24) is 5.32 Å². The van der Waals surface area contributed by atoms with Crippen molar-refractivity contribution < 1.29 is 19.3 Å². The minimum atomic E-state index is -0.458. The molecule has 21 heavy (non-hydrogen) atoms. The summed E-state index contributed by atoms with van der Waals surface area (Å²) in [7, 11) is 1.72. The first-order chi connectivity index (χ1) is 10.1. The molecule has 0 aromatic rings. The topological polar surface area (TPSA) is 60.0 Å². The fourth-order valence-electron chi connectivity index (χ4n) is 3.13. The minimum Gasteiger partial charge on any atom is -0.389 e. The van der Waals surface area contributed by atoms with Gasteiger partial charge in [0.15, 0.2) is 0 Å². The van der Waals surface area contributed by atoms with Crippen LogP contribution in [0.25, 0.3) is 0 Å². The first-order valence-electron chi connectivity index (χ1n) is 8.27. The first-order valence-corrected chi connectivity index (χ1v) is 8.27. The van der Waals surface area contributed by atoms with Crippen LogP contribution in [0, 0.1) is 5.92 Å². The van der Waals surface area contributed by atoms with Crippen LogP contribution < -0.4 is 5.32 Å². The Morgan fingerprint density at radius 3 is 2.71 bits per heavy atom. The smallest absolute Gasteiger partial charge is 0.106 e. The highest BCUT2D eigenvalue weighted by atomic mass is 16.5. The third-order valence-corrected chi connectivity index (χ3v) is 4.81. The van der Waals surface area contributed by atoms with Crippen molar-refractivity contribution >= 4 is 0 Å². The predicted molar refractivity (Wildman–Crippen MR) is 81.4 cm³/mol. The summed E-state index contributed by atoms with van der Waals surface area (Å²) in [6.07, 6.45) is 5.54. The average Bonchev–Trinajstić information content (AvgIpc) is 2.96. The molecule has 0 amide bonds. The Labute approximate surface area is 128 Å². The SMILES string of the molecule is COC1(CNCC(O)COC2CCC(C)CC2)CCOC1. The van der Waals surface area contributed by atoms with Gasteiger partial charge in [-0.05, 0) is 31.6 Å². The van der Waals surface area contributed by atoms with Crippen LogP contribution >= 0.6 is 0 Å². The lowest BCUT2D eigenvalue weighted by atomic mass is 9.89. The molecule has 0 spiro atoms. The molecule has 2 N–H and O–H groups in total. The monoisotopic (exact) mass is 301 g/mol. The molecule has 0 aromatic heterocycles. The van der Waals surface area contributed by atoms with Gasteiger partial charge in [-0.3, -0.25) is 0 Å². The third kappa shape index (κ3) is 5.49. The van der Waals surface area contributed by atoms with Gasteiger partial charge in [0, 0.05) is 33.2 Å². The van der Waals surface area contributed by atoms with Crippen molar-refractivity contribution in [3.8, 4) is 0 Å². The summed E-state index contributed by atoms with van der Waals surface area (Å²) in [5, 5.41) is 13.3. The van der Waals surface area contributed by atoms with Crippen LogP contribution in [0.1, 0.15) is 39.0 Å². The molecule has 2 fully saturated rings. The highest BCUT2D eigenvalue weighted by molar-refractivity contribution is 4.87. The highest BCUT2D eigenvalue weighted by Crippen LogP contribution is 2.25. The molecule has 0 bridgehead atoms. The molecule has 0 radical (unpaired) electrons. The van der Waals surface area contributed by atoms with Crippen molar-refractivity contribution in [2.45, 2.75) is 56.8 Å². The molecule has 5 nitrogen and oxygen atoms in total. The van der Waals surface area contributed by atoms with Gasteiger partial charge in [0.1, 0.15) is 5.60 Å². The molecular formula is C16H31NO4. The van der Waals surface area contributed by atoms with Gasteiger partial charge in [-0.15, -0.1) is 0 Å². The molecule has 0 aromatic carbocycles. The maximum Gasteiger partial charge on any atom is 0.106 e. The number of nitrogens with one attached hydrogen (secondary N) is 1. The molecular weight excluding hydrogens is 270 g/mol. The van der Waals surface area contributed by atoms with E-state index >= 15 is 0 Å². The van der Waals surface area contributed by atoms with E-state index in [4.69, 9.17) is 14.2 Å². The molecule has 1 aliphatic heterocycles. The summed E-state index contributed by atoms with van der Waals surface area (Å²) in [4.78, 5) is 0. The number of aliphatic hydroxyl groups is 1. The van der Waals surface area contributed by atoms with E-state index in [1.165, 1.54) is 12.8 Å². The van der Waals surface area contributed by atoms with Crippen molar-refractivity contribution in [3.63, 3.8) is 0 Å². The van der Waals surface area contributed by atoms with Crippen LogP contribution in [0.2, 0.25) is 0 Å². The Morgan fingerprint density at radius 2 is 2.10 bits per heavy atom. The first kappa shape index (κ1) is 17.2. The van der Waals surface area contributed by atoms with Crippen LogP contribution in [-0.2, 0) is 14.2 Å².